The van der Waals surface area contributed by atoms with E-state index in [1.807, 2.05) is 26.8 Å². The van der Waals surface area contributed by atoms with Crippen LogP contribution in [0.2, 0.25) is 0 Å². The molecule has 2 heterocycles. The van der Waals surface area contributed by atoms with Crippen LogP contribution in [0.15, 0.2) is 20.9 Å². The van der Waals surface area contributed by atoms with Gasteiger partial charge in [0.2, 0.25) is 0 Å². The summed E-state index contributed by atoms with van der Waals surface area (Å²) in [6, 6.07) is 1.84. The first-order chi connectivity index (χ1) is 9.43. The van der Waals surface area contributed by atoms with Crippen molar-refractivity contribution in [3.05, 3.63) is 33.5 Å². The molecule has 4 N–H and O–H groups in total. The largest absolute Gasteiger partial charge is 0.384 e. The predicted octanol–water partition coefficient (Wildman–Crippen LogP) is 1.04. The lowest BCUT2D eigenvalue weighted by atomic mass is 10.1. The first-order valence-electron chi connectivity index (χ1n) is 6.09. The quantitative estimate of drug-likeness (QED) is 0.575. The van der Waals surface area contributed by atoms with Gasteiger partial charge in [0.1, 0.15) is 5.84 Å². The van der Waals surface area contributed by atoms with Crippen molar-refractivity contribution in [2.45, 2.75) is 37.4 Å². The highest BCUT2D eigenvalue weighted by molar-refractivity contribution is 7.99. The number of aromatic amines is 1. The van der Waals surface area contributed by atoms with E-state index in [0.29, 0.717) is 23.0 Å². The van der Waals surface area contributed by atoms with Crippen LogP contribution in [0.5, 0.6) is 0 Å². The molecule has 0 aliphatic rings. The third-order valence-electron chi connectivity index (χ3n) is 2.80. The topological polar surface area (TPSA) is 113 Å². The van der Waals surface area contributed by atoms with Crippen molar-refractivity contribution in [3.8, 4) is 0 Å². The van der Waals surface area contributed by atoms with Crippen LogP contribution in [0, 0.1) is 19.3 Å². The molecule has 2 rings (SSSR count). The van der Waals surface area contributed by atoms with Crippen LogP contribution in [0.25, 0.3) is 0 Å². The second kappa shape index (κ2) is 5.49. The normalized spacial score (nSPS) is 10.8. The number of nitrogen functional groups attached to an aromatic ring is 1. The molecule has 0 bridgehead atoms. The summed E-state index contributed by atoms with van der Waals surface area (Å²) in [6.07, 6.45) is 0. The van der Waals surface area contributed by atoms with Crippen LogP contribution in [-0.2, 0) is 6.54 Å². The van der Waals surface area contributed by atoms with Crippen molar-refractivity contribution in [2.24, 2.45) is 5.73 Å². The molecule has 0 aliphatic carbocycles. The number of H-pyrrole nitrogens is 1. The molecule has 20 heavy (non-hydrogen) atoms. The van der Waals surface area contributed by atoms with E-state index in [-0.39, 0.29) is 11.5 Å². The standard InChI is InChI=1S/C12H16N6OS/c1-4-18-11(19)16-17-12(18)20-8-5-6(2)15-7(3)9(8)10(13)14/h5H,4H2,1-3H3,(H3,13,14)(H,16,19). The van der Waals surface area contributed by atoms with E-state index in [2.05, 4.69) is 15.2 Å². The smallest absolute Gasteiger partial charge is 0.343 e. The third kappa shape index (κ3) is 2.60. The molecule has 8 heteroatoms. The Morgan fingerprint density at radius 2 is 2.25 bits per heavy atom. The Morgan fingerprint density at radius 1 is 1.55 bits per heavy atom. The minimum absolute atomic E-state index is 0.0431. The number of amidine groups is 1. The summed E-state index contributed by atoms with van der Waals surface area (Å²) in [5, 5.41) is 14.7. The summed E-state index contributed by atoms with van der Waals surface area (Å²) in [5.41, 5.74) is 7.49. The summed E-state index contributed by atoms with van der Waals surface area (Å²) in [4.78, 5) is 16.7. The Hall–Kier alpha value is -2.09. The van der Waals surface area contributed by atoms with E-state index in [1.165, 1.54) is 16.3 Å². The molecule has 0 saturated heterocycles. The molecular formula is C12H16N6OS. The predicted molar refractivity (Wildman–Crippen MR) is 77.4 cm³/mol. The summed E-state index contributed by atoms with van der Waals surface area (Å²) < 4.78 is 1.53. The van der Waals surface area contributed by atoms with Crippen LogP contribution in [0.1, 0.15) is 23.9 Å². The number of aryl methyl sites for hydroxylation is 2. The average Bonchev–Trinajstić information content (AvgIpc) is 2.68. The molecule has 0 atom stereocenters. The van der Waals surface area contributed by atoms with E-state index >= 15 is 0 Å². The van der Waals surface area contributed by atoms with Crippen LogP contribution in [-0.4, -0.2) is 25.6 Å². The molecule has 0 aromatic carbocycles. The van der Waals surface area contributed by atoms with Crippen molar-refractivity contribution < 1.29 is 0 Å². The molecule has 2 aromatic heterocycles. The van der Waals surface area contributed by atoms with Gasteiger partial charge < -0.3 is 5.73 Å². The summed E-state index contributed by atoms with van der Waals surface area (Å²) in [5.74, 6) is -0.0431. The molecule has 0 aliphatic heterocycles. The summed E-state index contributed by atoms with van der Waals surface area (Å²) >= 11 is 1.30. The molecule has 106 valence electrons. The van der Waals surface area contributed by atoms with Gasteiger partial charge in [-0.1, -0.05) is 0 Å². The SMILES string of the molecule is CCn1c(Sc2cc(C)nc(C)c2C(=N)N)n[nH]c1=O. The zero-order valence-corrected chi connectivity index (χ0v) is 12.3. The van der Waals surface area contributed by atoms with E-state index in [0.717, 1.165) is 10.6 Å². The Labute approximate surface area is 120 Å². The third-order valence-corrected chi connectivity index (χ3v) is 3.84. The number of hydrogen-bond acceptors (Lipinski definition) is 5. The molecule has 0 fully saturated rings. The fraction of sp³-hybridized carbons (Fsp3) is 0.333. The van der Waals surface area contributed by atoms with Crippen molar-refractivity contribution in [1.29, 1.82) is 5.41 Å². The molecule has 0 radical (unpaired) electrons. The van der Waals surface area contributed by atoms with Crippen LogP contribution in [0.3, 0.4) is 0 Å². The van der Waals surface area contributed by atoms with Crippen molar-refractivity contribution in [3.63, 3.8) is 0 Å². The van der Waals surface area contributed by atoms with Crippen LogP contribution >= 0.6 is 11.8 Å². The number of nitrogens with zero attached hydrogens (tertiary/aromatic N) is 3. The number of hydrogen-bond donors (Lipinski definition) is 3. The first kappa shape index (κ1) is 14.3. The molecule has 0 amide bonds. The number of rotatable bonds is 4. The maximum atomic E-state index is 11.6. The maximum absolute atomic E-state index is 11.6. The van der Waals surface area contributed by atoms with Gasteiger partial charge >= 0.3 is 5.69 Å². The maximum Gasteiger partial charge on any atom is 0.343 e. The van der Waals surface area contributed by atoms with E-state index in [1.54, 1.807) is 0 Å². The van der Waals surface area contributed by atoms with Gasteiger partial charge in [0.25, 0.3) is 0 Å². The summed E-state index contributed by atoms with van der Waals surface area (Å²) in [6.45, 7) is 6.08. The molecule has 7 nitrogen and oxygen atoms in total. The molecule has 2 aromatic rings. The van der Waals surface area contributed by atoms with Gasteiger partial charge in [-0.05, 0) is 38.6 Å². The molecule has 0 unspecified atom stereocenters. The summed E-state index contributed by atoms with van der Waals surface area (Å²) in [7, 11) is 0. The van der Waals surface area contributed by atoms with Crippen LogP contribution < -0.4 is 11.4 Å². The lowest BCUT2D eigenvalue weighted by molar-refractivity contribution is 0.660. The second-order valence-electron chi connectivity index (χ2n) is 4.29. The van der Waals surface area contributed by atoms with E-state index in [4.69, 9.17) is 11.1 Å². The van der Waals surface area contributed by atoms with Gasteiger partial charge in [0.15, 0.2) is 5.16 Å². The Bertz CT molecular complexity index is 717. The Balaban J connectivity index is 2.53. The zero-order valence-electron chi connectivity index (χ0n) is 11.5. The van der Waals surface area contributed by atoms with Crippen LogP contribution in [0.4, 0.5) is 0 Å². The number of pyridine rings is 1. The number of aromatic nitrogens is 4. The minimum Gasteiger partial charge on any atom is -0.384 e. The van der Waals surface area contributed by atoms with Gasteiger partial charge in [-0.3, -0.25) is 15.0 Å². The first-order valence-corrected chi connectivity index (χ1v) is 6.91. The zero-order chi connectivity index (χ0) is 14.9. The monoisotopic (exact) mass is 292 g/mol. The average molecular weight is 292 g/mol. The minimum atomic E-state index is -0.248. The highest BCUT2D eigenvalue weighted by atomic mass is 32.2. The highest BCUT2D eigenvalue weighted by Crippen LogP contribution is 2.30. The van der Waals surface area contributed by atoms with E-state index in [9.17, 15) is 4.79 Å². The Kier molecular flexibility index (Phi) is 3.93. The van der Waals surface area contributed by atoms with Gasteiger partial charge in [-0.25, -0.2) is 9.89 Å². The lowest BCUT2D eigenvalue weighted by Gasteiger charge is -2.11. The molecular weight excluding hydrogens is 276 g/mol. The lowest BCUT2D eigenvalue weighted by Crippen LogP contribution is -2.17. The van der Waals surface area contributed by atoms with Gasteiger partial charge in [-0.15, -0.1) is 5.10 Å². The fourth-order valence-corrected chi connectivity index (χ4v) is 3.16. The van der Waals surface area contributed by atoms with Gasteiger partial charge in [-0.2, -0.15) is 0 Å². The van der Waals surface area contributed by atoms with Crippen molar-refractivity contribution in [2.75, 3.05) is 0 Å². The number of nitrogens with one attached hydrogen (secondary N) is 2. The number of nitrogens with two attached hydrogens (primary N) is 1. The van der Waals surface area contributed by atoms with Gasteiger partial charge in [0, 0.05) is 22.8 Å². The molecule has 0 spiro atoms. The highest BCUT2D eigenvalue weighted by Gasteiger charge is 2.16. The second-order valence-corrected chi connectivity index (χ2v) is 5.30. The van der Waals surface area contributed by atoms with E-state index < -0.39 is 0 Å². The Morgan fingerprint density at radius 3 is 2.85 bits per heavy atom. The fourth-order valence-electron chi connectivity index (χ4n) is 1.96. The molecule has 0 saturated carbocycles. The van der Waals surface area contributed by atoms with Crippen molar-refractivity contribution >= 4 is 17.6 Å². The van der Waals surface area contributed by atoms with Crippen molar-refractivity contribution in [1.82, 2.24) is 19.7 Å². The van der Waals surface area contributed by atoms with Gasteiger partial charge in [0.05, 0.1) is 5.56 Å².